The standard InChI is InChI=1S/C34H41ClN4O7S/c1-47-28-17-27(24-13-8-14-25(35)30(24)37-28)45-23-16-26-31(41)38-34(32(42)43)18-20(34)9-4-2-3-5-10-21(15-29(40)39(26)19-23)36-33(44)46-22-11-6-7-12-22/h4,8-9,13-14,17,20-23,26H,2-3,5-7,10-12,15-16,18-19H2,1H3,(H,36,44)(H,38,41)(H,42,43)/b9-4-/t20-,21+,23-,26+,34-/m1/s1. The molecule has 13 heteroatoms. The first kappa shape index (κ1) is 33.4. The molecule has 3 heterocycles. The SMILES string of the molecule is CSc1cc(O[C@@H]2C[C@H]3C(=O)N[C@]4(C(=O)O)C[C@H]4/C=C\CCCC[C@H](NC(=O)OC4CCCC4)CC(=O)N3C2)c2cccc(Cl)c2n1. The molecule has 3 N–H and O–H groups in total. The number of carbonyl (C=O) groups is 4. The van der Waals surface area contributed by atoms with Gasteiger partial charge in [-0.3, -0.25) is 9.59 Å². The summed E-state index contributed by atoms with van der Waals surface area (Å²) in [5, 5.41) is 17.7. The molecule has 11 nitrogen and oxygen atoms in total. The first-order valence-electron chi connectivity index (χ1n) is 16.5. The number of para-hydroxylation sites is 1. The number of carboxylic acids is 1. The largest absolute Gasteiger partial charge is 0.488 e. The number of hydrogen-bond acceptors (Lipinski definition) is 8. The van der Waals surface area contributed by atoms with Crippen LogP contribution in [-0.4, -0.2) is 81.5 Å². The van der Waals surface area contributed by atoms with E-state index in [1.807, 2.05) is 36.6 Å². The number of rotatable bonds is 6. The Balaban J connectivity index is 1.26. The Morgan fingerprint density at radius 2 is 1.94 bits per heavy atom. The van der Waals surface area contributed by atoms with Crippen molar-refractivity contribution in [2.24, 2.45) is 5.92 Å². The van der Waals surface area contributed by atoms with Crippen molar-refractivity contribution < 1.29 is 33.8 Å². The number of fused-ring (bicyclic) bond motifs is 3. The maximum absolute atomic E-state index is 14.0. The minimum Gasteiger partial charge on any atom is -0.488 e. The van der Waals surface area contributed by atoms with Gasteiger partial charge in [0.15, 0.2) is 0 Å². The quantitative estimate of drug-likeness (QED) is 0.266. The number of aliphatic carboxylic acids is 1. The number of thioether (sulfide) groups is 1. The summed E-state index contributed by atoms with van der Waals surface area (Å²) in [5.74, 6) is -1.74. The van der Waals surface area contributed by atoms with E-state index in [0.717, 1.165) is 44.9 Å². The van der Waals surface area contributed by atoms with E-state index in [2.05, 4.69) is 15.6 Å². The van der Waals surface area contributed by atoms with Gasteiger partial charge in [0.1, 0.15) is 34.6 Å². The van der Waals surface area contributed by atoms with E-state index in [4.69, 9.17) is 21.1 Å². The number of alkyl carbamates (subject to hydrolysis) is 1. The van der Waals surface area contributed by atoms with E-state index in [1.165, 1.54) is 16.7 Å². The average Bonchev–Trinajstić information content (AvgIpc) is 3.32. The Morgan fingerprint density at radius 1 is 1.15 bits per heavy atom. The fraction of sp³-hybridized carbons (Fsp3) is 0.559. The molecule has 0 bridgehead atoms. The summed E-state index contributed by atoms with van der Waals surface area (Å²) in [4.78, 5) is 59.2. The van der Waals surface area contributed by atoms with Crippen LogP contribution in [0.3, 0.4) is 0 Å². The van der Waals surface area contributed by atoms with Crippen molar-refractivity contribution in [2.75, 3.05) is 12.8 Å². The van der Waals surface area contributed by atoms with Crippen LogP contribution in [0.4, 0.5) is 4.79 Å². The van der Waals surface area contributed by atoms with Gasteiger partial charge in [-0.2, -0.15) is 0 Å². The van der Waals surface area contributed by atoms with Crippen LogP contribution in [0.2, 0.25) is 5.02 Å². The Kier molecular flexibility index (Phi) is 10.2. The number of nitrogens with one attached hydrogen (secondary N) is 2. The lowest BCUT2D eigenvalue weighted by Crippen LogP contribution is -2.53. The smallest absolute Gasteiger partial charge is 0.407 e. The van der Waals surface area contributed by atoms with E-state index in [1.54, 1.807) is 6.07 Å². The zero-order valence-corrected chi connectivity index (χ0v) is 28.0. The van der Waals surface area contributed by atoms with E-state index in [0.29, 0.717) is 39.5 Å². The topological polar surface area (TPSA) is 147 Å². The molecule has 1 aromatic carbocycles. The maximum atomic E-state index is 14.0. The van der Waals surface area contributed by atoms with Gasteiger partial charge in [0.2, 0.25) is 11.8 Å². The molecule has 4 aliphatic rings. The predicted octanol–water partition coefficient (Wildman–Crippen LogP) is 5.48. The minimum absolute atomic E-state index is 0.0246. The molecule has 3 amide bonds. The predicted molar refractivity (Wildman–Crippen MR) is 178 cm³/mol. The fourth-order valence-corrected chi connectivity index (χ4v) is 7.66. The van der Waals surface area contributed by atoms with Crippen LogP contribution >= 0.6 is 23.4 Å². The van der Waals surface area contributed by atoms with Crippen molar-refractivity contribution in [2.45, 2.75) is 105 Å². The summed E-state index contributed by atoms with van der Waals surface area (Å²) in [6, 6.07) is 5.80. The van der Waals surface area contributed by atoms with Gasteiger partial charge in [0, 0.05) is 36.3 Å². The number of benzene rings is 1. The van der Waals surface area contributed by atoms with Crippen molar-refractivity contribution in [1.82, 2.24) is 20.5 Å². The highest BCUT2D eigenvalue weighted by Crippen LogP contribution is 2.45. The van der Waals surface area contributed by atoms with Gasteiger partial charge in [-0.1, -0.05) is 36.2 Å². The van der Waals surface area contributed by atoms with Gasteiger partial charge in [0.25, 0.3) is 0 Å². The first-order valence-corrected chi connectivity index (χ1v) is 18.1. The number of carbonyl (C=O) groups excluding carboxylic acids is 3. The highest BCUT2D eigenvalue weighted by atomic mass is 35.5. The molecule has 3 fully saturated rings. The zero-order valence-electron chi connectivity index (χ0n) is 26.4. The number of allylic oxidation sites excluding steroid dienone is 1. The summed E-state index contributed by atoms with van der Waals surface area (Å²) >= 11 is 7.91. The maximum Gasteiger partial charge on any atom is 0.407 e. The van der Waals surface area contributed by atoms with Crippen molar-refractivity contribution in [1.29, 1.82) is 0 Å². The number of hydrogen-bond donors (Lipinski definition) is 3. The Morgan fingerprint density at radius 3 is 2.70 bits per heavy atom. The zero-order chi connectivity index (χ0) is 33.1. The summed E-state index contributed by atoms with van der Waals surface area (Å²) in [6.07, 6.45) is 11.5. The molecule has 1 aromatic heterocycles. The molecule has 2 aliphatic carbocycles. The molecule has 47 heavy (non-hydrogen) atoms. The summed E-state index contributed by atoms with van der Waals surface area (Å²) < 4.78 is 12.1. The molecule has 0 radical (unpaired) electrons. The molecule has 252 valence electrons. The number of nitrogens with zero attached hydrogens (tertiary/aromatic N) is 2. The molecular weight excluding hydrogens is 644 g/mol. The third kappa shape index (κ3) is 7.48. The molecule has 2 aromatic rings. The monoisotopic (exact) mass is 684 g/mol. The molecule has 6 rings (SSSR count). The second-order valence-corrected chi connectivity index (χ2v) is 14.2. The van der Waals surface area contributed by atoms with Crippen LogP contribution in [0.15, 0.2) is 41.4 Å². The third-order valence-corrected chi connectivity index (χ3v) is 10.7. The van der Waals surface area contributed by atoms with E-state index in [9.17, 15) is 24.3 Å². The van der Waals surface area contributed by atoms with Crippen LogP contribution in [0.5, 0.6) is 5.75 Å². The number of pyridine rings is 1. The van der Waals surface area contributed by atoms with Crippen molar-refractivity contribution in [3.63, 3.8) is 0 Å². The number of ether oxygens (including phenoxy) is 2. The van der Waals surface area contributed by atoms with Gasteiger partial charge >= 0.3 is 12.1 Å². The van der Waals surface area contributed by atoms with Gasteiger partial charge in [-0.05, 0) is 69.8 Å². The van der Waals surface area contributed by atoms with E-state index in [-0.39, 0.29) is 37.3 Å². The highest BCUT2D eigenvalue weighted by molar-refractivity contribution is 7.98. The lowest BCUT2D eigenvalue weighted by Gasteiger charge is -2.27. The normalized spacial score (nSPS) is 29.2. The van der Waals surface area contributed by atoms with Gasteiger partial charge in [0.05, 0.1) is 17.1 Å². The molecule has 0 spiro atoms. The van der Waals surface area contributed by atoms with Crippen molar-refractivity contribution in [3.8, 4) is 5.75 Å². The number of carboxylic acid groups (broad SMARTS) is 1. The minimum atomic E-state index is -1.40. The van der Waals surface area contributed by atoms with Gasteiger partial charge < -0.3 is 30.1 Å². The molecule has 1 saturated heterocycles. The Hall–Kier alpha value is -3.51. The van der Waals surface area contributed by atoms with Crippen molar-refractivity contribution >= 4 is 58.1 Å². The van der Waals surface area contributed by atoms with Crippen LogP contribution in [0.25, 0.3) is 10.9 Å². The second kappa shape index (κ2) is 14.3. The molecule has 5 atom stereocenters. The summed E-state index contributed by atoms with van der Waals surface area (Å²) in [6.45, 7) is 0.110. The summed E-state index contributed by atoms with van der Waals surface area (Å²) in [7, 11) is 0. The molecular formula is C34H41ClN4O7S. The number of halogens is 1. The third-order valence-electron chi connectivity index (χ3n) is 9.72. The average molecular weight is 685 g/mol. The lowest BCUT2D eigenvalue weighted by molar-refractivity contribution is -0.145. The molecule has 2 aliphatic heterocycles. The van der Waals surface area contributed by atoms with Crippen molar-refractivity contribution in [3.05, 3.63) is 41.4 Å². The first-order chi connectivity index (χ1) is 22.7. The van der Waals surface area contributed by atoms with E-state index < -0.39 is 41.7 Å². The van der Waals surface area contributed by atoms with E-state index >= 15 is 0 Å². The Labute approximate surface area is 283 Å². The van der Waals surface area contributed by atoms with Gasteiger partial charge in [-0.25, -0.2) is 14.6 Å². The molecule has 2 saturated carbocycles. The summed E-state index contributed by atoms with van der Waals surface area (Å²) in [5.41, 5.74) is -0.812. The fourth-order valence-electron chi connectivity index (χ4n) is 7.04. The number of aromatic nitrogens is 1. The highest BCUT2D eigenvalue weighted by Gasteiger charge is 2.61. The van der Waals surface area contributed by atoms with Crippen LogP contribution in [-0.2, 0) is 19.1 Å². The second-order valence-electron chi connectivity index (χ2n) is 13.0. The van der Waals surface area contributed by atoms with Crippen LogP contribution < -0.4 is 15.4 Å². The number of amides is 3. The van der Waals surface area contributed by atoms with Crippen LogP contribution in [0.1, 0.15) is 70.6 Å². The lowest BCUT2D eigenvalue weighted by atomic mass is 10.0. The van der Waals surface area contributed by atoms with Crippen LogP contribution in [0, 0.1) is 5.92 Å². The Bertz CT molecular complexity index is 1570. The van der Waals surface area contributed by atoms with Gasteiger partial charge in [-0.15, -0.1) is 11.8 Å². The molecule has 0 unspecified atom stereocenters.